The van der Waals surface area contributed by atoms with Gasteiger partial charge in [0.15, 0.2) is 5.16 Å². The number of nitrogens with two attached hydrogens (primary N) is 1. The summed E-state index contributed by atoms with van der Waals surface area (Å²) in [7, 11) is 0. The highest BCUT2D eigenvalue weighted by atomic mass is 32.2. The molecule has 2 aromatic heterocycles. The lowest BCUT2D eigenvalue weighted by molar-refractivity contribution is 0.889. The van der Waals surface area contributed by atoms with Crippen LogP contribution in [-0.2, 0) is 0 Å². The maximum atomic E-state index is 9.23. The monoisotopic (exact) mass is 285 g/mol. The Morgan fingerprint density at radius 2 is 2.25 bits per heavy atom. The molecule has 0 aliphatic rings. The molecule has 0 spiro atoms. The quantitative estimate of drug-likeness (QED) is 0.516. The van der Waals surface area contributed by atoms with Crippen molar-refractivity contribution in [2.24, 2.45) is 0 Å². The number of rotatable bonds is 5. The number of thioether (sulfide) groups is 1. The number of hydrogen-bond acceptors (Lipinski definition) is 6. The van der Waals surface area contributed by atoms with E-state index in [2.05, 4.69) is 27.9 Å². The molecule has 20 heavy (non-hydrogen) atoms. The molecule has 2 N–H and O–H groups in total. The summed E-state index contributed by atoms with van der Waals surface area (Å²) in [5.74, 6) is 1.16. The van der Waals surface area contributed by atoms with E-state index in [0.717, 1.165) is 24.2 Å². The molecule has 0 aliphatic heterocycles. The lowest BCUT2D eigenvalue weighted by atomic mass is 10.1. The summed E-state index contributed by atoms with van der Waals surface area (Å²) in [6.45, 7) is 2.13. The van der Waals surface area contributed by atoms with E-state index in [-0.39, 0.29) is 5.82 Å². The summed E-state index contributed by atoms with van der Waals surface area (Å²) in [5.41, 5.74) is 7.49. The fourth-order valence-corrected chi connectivity index (χ4v) is 2.59. The van der Waals surface area contributed by atoms with Gasteiger partial charge in [0.2, 0.25) is 0 Å². The topological polar surface area (TPSA) is 88.5 Å². The van der Waals surface area contributed by atoms with E-state index in [1.165, 1.54) is 0 Å². The van der Waals surface area contributed by atoms with Crippen LogP contribution in [0.15, 0.2) is 29.7 Å². The fourth-order valence-electron chi connectivity index (χ4n) is 1.65. The van der Waals surface area contributed by atoms with Gasteiger partial charge in [-0.2, -0.15) is 5.26 Å². The minimum Gasteiger partial charge on any atom is -0.382 e. The Labute approximate surface area is 122 Å². The van der Waals surface area contributed by atoms with Crippen molar-refractivity contribution in [1.82, 2.24) is 15.0 Å². The van der Waals surface area contributed by atoms with Crippen molar-refractivity contribution in [2.75, 3.05) is 11.5 Å². The van der Waals surface area contributed by atoms with Gasteiger partial charge in [-0.25, -0.2) is 9.97 Å². The molecular weight excluding hydrogens is 270 g/mol. The van der Waals surface area contributed by atoms with E-state index in [9.17, 15) is 5.26 Å². The SMILES string of the molecule is CCCCSc1nc(N)c(C#N)c(-c2cccnc2)n1. The standard InChI is InChI=1S/C14H15N5S/c1-2-3-7-20-14-18-12(10-5-4-6-17-9-10)11(8-15)13(16)19-14/h4-6,9H,2-3,7H2,1H3,(H2,16,18,19). The van der Waals surface area contributed by atoms with Gasteiger partial charge in [-0.1, -0.05) is 25.1 Å². The first kappa shape index (κ1) is 14.3. The number of pyridine rings is 1. The smallest absolute Gasteiger partial charge is 0.190 e. The van der Waals surface area contributed by atoms with E-state index < -0.39 is 0 Å². The predicted octanol–water partition coefficient (Wildman–Crippen LogP) is 2.88. The van der Waals surface area contributed by atoms with Crippen LogP contribution in [0.25, 0.3) is 11.3 Å². The van der Waals surface area contributed by atoms with Gasteiger partial charge >= 0.3 is 0 Å². The number of aromatic nitrogens is 3. The van der Waals surface area contributed by atoms with Crippen molar-refractivity contribution >= 4 is 17.6 Å². The molecule has 0 unspecified atom stereocenters. The highest BCUT2D eigenvalue weighted by Gasteiger charge is 2.14. The average Bonchev–Trinajstić information content (AvgIpc) is 2.48. The minimum atomic E-state index is 0.223. The number of nitrogen functional groups attached to an aromatic ring is 1. The Morgan fingerprint density at radius 1 is 1.40 bits per heavy atom. The molecule has 5 nitrogen and oxygen atoms in total. The van der Waals surface area contributed by atoms with Crippen LogP contribution in [-0.4, -0.2) is 20.7 Å². The first-order valence-corrected chi connectivity index (χ1v) is 7.35. The molecule has 102 valence electrons. The van der Waals surface area contributed by atoms with Crippen LogP contribution in [0.3, 0.4) is 0 Å². The molecule has 2 heterocycles. The van der Waals surface area contributed by atoms with E-state index in [0.29, 0.717) is 16.4 Å². The Kier molecular flexibility index (Phi) is 4.91. The van der Waals surface area contributed by atoms with Gasteiger partial charge in [0.05, 0.1) is 5.69 Å². The number of anilines is 1. The van der Waals surface area contributed by atoms with Crippen LogP contribution in [0.4, 0.5) is 5.82 Å². The van der Waals surface area contributed by atoms with Gasteiger partial charge in [-0.3, -0.25) is 4.98 Å². The highest BCUT2D eigenvalue weighted by Crippen LogP contribution is 2.27. The van der Waals surface area contributed by atoms with Crippen LogP contribution < -0.4 is 5.73 Å². The molecular formula is C14H15N5S. The molecule has 0 saturated carbocycles. The third kappa shape index (κ3) is 3.25. The second-order valence-electron chi connectivity index (χ2n) is 4.17. The Hall–Kier alpha value is -2.13. The zero-order valence-electron chi connectivity index (χ0n) is 11.2. The summed E-state index contributed by atoms with van der Waals surface area (Å²) in [6.07, 6.45) is 5.56. The summed E-state index contributed by atoms with van der Waals surface area (Å²) < 4.78 is 0. The van der Waals surface area contributed by atoms with E-state index in [4.69, 9.17) is 5.73 Å². The zero-order chi connectivity index (χ0) is 14.4. The van der Waals surface area contributed by atoms with Crippen molar-refractivity contribution in [3.8, 4) is 17.3 Å². The highest BCUT2D eigenvalue weighted by molar-refractivity contribution is 7.99. The summed E-state index contributed by atoms with van der Waals surface area (Å²) in [4.78, 5) is 12.7. The van der Waals surface area contributed by atoms with Crippen molar-refractivity contribution in [1.29, 1.82) is 5.26 Å². The van der Waals surface area contributed by atoms with Gasteiger partial charge < -0.3 is 5.73 Å². The van der Waals surface area contributed by atoms with Gasteiger partial charge in [0.1, 0.15) is 17.5 Å². The maximum absolute atomic E-state index is 9.23. The first-order chi connectivity index (χ1) is 9.76. The second-order valence-corrected chi connectivity index (χ2v) is 5.23. The Balaban J connectivity index is 2.41. The average molecular weight is 285 g/mol. The lowest BCUT2D eigenvalue weighted by Gasteiger charge is -2.08. The molecule has 6 heteroatoms. The molecule has 2 aromatic rings. The number of nitriles is 1. The molecule has 0 aromatic carbocycles. The molecule has 2 rings (SSSR count). The van der Waals surface area contributed by atoms with Gasteiger partial charge in [-0.05, 0) is 18.6 Å². The van der Waals surface area contributed by atoms with Gasteiger partial charge in [0.25, 0.3) is 0 Å². The van der Waals surface area contributed by atoms with E-state index in [1.807, 2.05) is 6.07 Å². The normalized spacial score (nSPS) is 10.2. The lowest BCUT2D eigenvalue weighted by Crippen LogP contribution is -2.03. The minimum absolute atomic E-state index is 0.223. The van der Waals surface area contributed by atoms with Gasteiger partial charge in [-0.15, -0.1) is 0 Å². The van der Waals surface area contributed by atoms with Crippen LogP contribution >= 0.6 is 11.8 Å². The van der Waals surface area contributed by atoms with Crippen molar-refractivity contribution in [3.63, 3.8) is 0 Å². The molecule has 0 fully saturated rings. The Bertz CT molecular complexity index is 621. The second kappa shape index (κ2) is 6.87. The molecule has 0 atom stereocenters. The largest absolute Gasteiger partial charge is 0.382 e. The molecule has 0 radical (unpaired) electrons. The maximum Gasteiger partial charge on any atom is 0.190 e. The predicted molar refractivity (Wildman–Crippen MR) is 80.0 cm³/mol. The number of unbranched alkanes of at least 4 members (excludes halogenated alkanes) is 1. The summed E-state index contributed by atoms with van der Waals surface area (Å²) in [6, 6.07) is 5.73. The number of hydrogen-bond donors (Lipinski definition) is 1. The fraction of sp³-hybridized carbons (Fsp3) is 0.286. The third-order valence-corrected chi connectivity index (χ3v) is 3.63. The zero-order valence-corrected chi connectivity index (χ0v) is 12.0. The molecule has 0 aliphatic carbocycles. The molecule has 0 saturated heterocycles. The van der Waals surface area contributed by atoms with Crippen molar-refractivity contribution < 1.29 is 0 Å². The van der Waals surface area contributed by atoms with Crippen molar-refractivity contribution in [2.45, 2.75) is 24.9 Å². The first-order valence-electron chi connectivity index (χ1n) is 6.37. The Morgan fingerprint density at radius 3 is 2.90 bits per heavy atom. The van der Waals surface area contributed by atoms with Crippen LogP contribution in [0, 0.1) is 11.3 Å². The molecule has 0 bridgehead atoms. The number of nitrogens with zero attached hydrogens (tertiary/aromatic N) is 4. The summed E-state index contributed by atoms with van der Waals surface area (Å²) in [5, 5.41) is 9.83. The van der Waals surface area contributed by atoms with Gasteiger partial charge in [0, 0.05) is 23.7 Å². The van der Waals surface area contributed by atoms with Crippen molar-refractivity contribution in [3.05, 3.63) is 30.1 Å². The third-order valence-electron chi connectivity index (χ3n) is 2.69. The van der Waals surface area contributed by atoms with Crippen LogP contribution in [0.2, 0.25) is 0 Å². The summed E-state index contributed by atoms with van der Waals surface area (Å²) >= 11 is 1.56. The van der Waals surface area contributed by atoms with E-state index in [1.54, 1.807) is 30.2 Å². The molecule has 0 amide bonds. The van der Waals surface area contributed by atoms with Crippen LogP contribution in [0.1, 0.15) is 25.3 Å². The van der Waals surface area contributed by atoms with E-state index >= 15 is 0 Å². The van der Waals surface area contributed by atoms with Crippen LogP contribution in [0.5, 0.6) is 0 Å².